The number of phenolic OH excluding ortho intramolecular Hbond substituents is 1. The van der Waals surface area contributed by atoms with Crippen molar-refractivity contribution in [3.63, 3.8) is 0 Å². The Morgan fingerprint density at radius 3 is 2.35 bits per heavy atom. The summed E-state index contributed by atoms with van der Waals surface area (Å²) in [5.74, 6) is -1.23. The zero-order chi connectivity index (χ0) is 22.5. The smallest absolute Gasteiger partial charge is 0.356 e. The van der Waals surface area contributed by atoms with Gasteiger partial charge in [-0.25, -0.2) is 9.78 Å². The summed E-state index contributed by atoms with van der Waals surface area (Å²) in [6, 6.07) is 13.3. The van der Waals surface area contributed by atoms with Gasteiger partial charge in [0, 0.05) is 12.1 Å². The molecule has 0 fully saturated rings. The number of hydrogen-bond acceptors (Lipinski definition) is 5. The maximum absolute atomic E-state index is 13.3. The number of hydrogen-bond donors (Lipinski definition) is 2. The second-order valence-corrected chi connectivity index (χ2v) is 9.00. The van der Waals surface area contributed by atoms with Crippen LogP contribution < -0.4 is 0 Å². The van der Waals surface area contributed by atoms with Crippen molar-refractivity contribution < 1.29 is 19.8 Å². The lowest BCUT2D eigenvalue weighted by Crippen LogP contribution is -2.32. The fourth-order valence-corrected chi connectivity index (χ4v) is 4.52. The zero-order valence-corrected chi connectivity index (χ0v) is 18.8. The van der Waals surface area contributed by atoms with E-state index in [2.05, 4.69) is 4.98 Å². The third kappa shape index (κ3) is 5.62. The minimum atomic E-state index is -1.20. The lowest BCUT2D eigenvalue weighted by Gasteiger charge is -2.22. The quantitative estimate of drug-likeness (QED) is 0.490. The molecule has 2 aromatic carbocycles. The lowest BCUT2D eigenvalue weighted by molar-refractivity contribution is 0.0691. The first-order valence-electron chi connectivity index (χ1n) is 9.78. The van der Waals surface area contributed by atoms with Crippen molar-refractivity contribution in [3.8, 4) is 5.75 Å². The van der Waals surface area contributed by atoms with Gasteiger partial charge < -0.3 is 15.1 Å². The largest absolute Gasteiger partial charge is 0.507 e. The van der Waals surface area contributed by atoms with Crippen molar-refractivity contribution >= 4 is 34.8 Å². The molecule has 3 aromatic rings. The van der Waals surface area contributed by atoms with E-state index in [9.17, 15) is 19.8 Å². The number of nitrogens with zero attached hydrogens (tertiary/aromatic N) is 2. The Hall–Kier alpha value is -2.90. The first-order chi connectivity index (χ1) is 14.8. The van der Waals surface area contributed by atoms with E-state index in [1.807, 2.05) is 30.3 Å². The first-order valence-corrected chi connectivity index (χ1v) is 11.0. The van der Waals surface area contributed by atoms with E-state index in [1.54, 1.807) is 30.9 Å². The predicted octanol–water partition coefficient (Wildman–Crippen LogP) is 5.09. The number of benzene rings is 2. The van der Waals surface area contributed by atoms with Crippen LogP contribution in [0.2, 0.25) is 4.34 Å². The number of carbonyl (C=O) groups excluding carboxylic acids is 1. The van der Waals surface area contributed by atoms with Crippen LogP contribution in [-0.4, -0.2) is 38.5 Å². The van der Waals surface area contributed by atoms with E-state index in [1.165, 1.54) is 5.56 Å². The third-order valence-corrected chi connectivity index (χ3v) is 6.16. The van der Waals surface area contributed by atoms with Crippen LogP contribution in [0.25, 0.3) is 0 Å². The molecule has 0 aliphatic heterocycles. The summed E-state index contributed by atoms with van der Waals surface area (Å²) in [7, 11) is 0. The van der Waals surface area contributed by atoms with Gasteiger partial charge in [0.2, 0.25) is 0 Å². The van der Waals surface area contributed by atoms with Crippen molar-refractivity contribution in [2.75, 3.05) is 6.54 Å². The number of aryl methyl sites for hydroxylation is 3. The standard InChI is InChI=1S/C23H23ClN2O4S/c1-14-11-17(12-15(2)20(14)27)22(28)26(10-6-9-16-7-4-3-5-8-16)13-18-25-19(23(29)30)21(24)31-18/h3-5,7-8,11-12,27H,6,9-10,13H2,1-2H3,(H,29,30). The summed E-state index contributed by atoms with van der Waals surface area (Å²) >= 11 is 7.07. The molecule has 31 heavy (non-hydrogen) atoms. The van der Waals surface area contributed by atoms with Crippen molar-refractivity contribution in [1.82, 2.24) is 9.88 Å². The van der Waals surface area contributed by atoms with Crippen molar-refractivity contribution in [2.24, 2.45) is 0 Å². The van der Waals surface area contributed by atoms with Crippen LogP contribution >= 0.6 is 22.9 Å². The summed E-state index contributed by atoms with van der Waals surface area (Å²) in [5, 5.41) is 19.7. The Kier molecular flexibility index (Phi) is 7.30. The average Bonchev–Trinajstić information content (AvgIpc) is 3.11. The highest BCUT2D eigenvalue weighted by atomic mass is 35.5. The Balaban J connectivity index is 1.83. The molecule has 1 heterocycles. The average molecular weight is 459 g/mol. The minimum Gasteiger partial charge on any atom is -0.507 e. The number of aromatic carboxylic acids is 1. The zero-order valence-electron chi connectivity index (χ0n) is 17.3. The highest BCUT2D eigenvalue weighted by Crippen LogP contribution is 2.27. The number of aromatic hydroxyl groups is 1. The number of carboxylic acids is 1. The molecule has 0 aliphatic rings. The Labute approximate surface area is 189 Å². The van der Waals surface area contributed by atoms with E-state index < -0.39 is 5.97 Å². The fraction of sp³-hybridized carbons (Fsp3) is 0.261. The number of rotatable bonds is 8. The number of thiazole rings is 1. The van der Waals surface area contributed by atoms with Gasteiger partial charge in [-0.2, -0.15) is 0 Å². The topological polar surface area (TPSA) is 90.7 Å². The fourth-order valence-electron chi connectivity index (χ4n) is 3.34. The van der Waals surface area contributed by atoms with Gasteiger partial charge in [-0.3, -0.25) is 4.79 Å². The van der Waals surface area contributed by atoms with E-state index in [4.69, 9.17) is 11.6 Å². The summed E-state index contributed by atoms with van der Waals surface area (Å²) in [5.41, 5.74) is 2.69. The van der Waals surface area contributed by atoms with Crippen molar-refractivity contribution in [2.45, 2.75) is 33.2 Å². The van der Waals surface area contributed by atoms with Crippen LogP contribution in [0.3, 0.4) is 0 Å². The number of amides is 1. The monoisotopic (exact) mass is 458 g/mol. The number of carbonyl (C=O) groups is 2. The summed E-state index contributed by atoms with van der Waals surface area (Å²) in [6.07, 6.45) is 1.54. The summed E-state index contributed by atoms with van der Waals surface area (Å²) < 4.78 is 0.0931. The number of phenols is 1. The Morgan fingerprint density at radius 2 is 1.77 bits per heavy atom. The molecule has 0 aliphatic carbocycles. The Morgan fingerprint density at radius 1 is 1.13 bits per heavy atom. The summed E-state index contributed by atoms with van der Waals surface area (Å²) in [4.78, 5) is 30.3. The van der Waals surface area contributed by atoms with Crippen molar-refractivity contribution in [1.29, 1.82) is 0 Å². The van der Waals surface area contributed by atoms with E-state index in [0.717, 1.165) is 24.2 Å². The van der Waals surface area contributed by atoms with Crippen LogP contribution in [-0.2, 0) is 13.0 Å². The lowest BCUT2D eigenvalue weighted by atomic mass is 10.0. The molecule has 0 saturated heterocycles. The second kappa shape index (κ2) is 9.94. The van der Waals surface area contributed by atoms with Gasteiger partial charge in [0.05, 0.1) is 6.54 Å². The molecule has 0 saturated carbocycles. The van der Waals surface area contributed by atoms with Gasteiger partial charge in [-0.15, -0.1) is 11.3 Å². The number of aromatic nitrogens is 1. The Bertz CT molecular complexity index is 1080. The van der Waals surface area contributed by atoms with E-state index in [-0.39, 0.29) is 28.2 Å². The molecule has 0 unspecified atom stereocenters. The van der Waals surface area contributed by atoms with Crippen LogP contribution in [0.15, 0.2) is 42.5 Å². The van der Waals surface area contributed by atoms with Crippen LogP contribution in [0, 0.1) is 13.8 Å². The highest BCUT2D eigenvalue weighted by Gasteiger charge is 2.22. The van der Waals surface area contributed by atoms with E-state index in [0.29, 0.717) is 28.2 Å². The molecule has 2 N–H and O–H groups in total. The minimum absolute atomic E-state index is 0.0931. The molecule has 0 atom stereocenters. The van der Waals surface area contributed by atoms with Gasteiger partial charge in [-0.05, 0) is 55.5 Å². The van der Waals surface area contributed by atoms with Crippen LogP contribution in [0.4, 0.5) is 0 Å². The molecule has 3 rings (SSSR count). The molecule has 8 heteroatoms. The molecule has 0 bridgehead atoms. The molecule has 162 valence electrons. The SMILES string of the molecule is Cc1cc(C(=O)N(CCCc2ccccc2)Cc2nc(C(=O)O)c(Cl)s2)cc(C)c1O. The number of carboxylic acid groups (broad SMARTS) is 1. The van der Waals surface area contributed by atoms with Crippen molar-refractivity contribution in [3.05, 3.63) is 79.8 Å². The highest BCUT2D eigenvalue weighted by molar-refractivity contribution is 7.16. The van der Waals surface area contributed by atoms with Gasteiger partial charge in [-0.1, -0.05) is 41.9 Å². The third-order valence-electron chi connectivity index (χ3n) is 4.92. The predicted molar refractivity (Wildman–Crippen MR) is 121 cm³/mol. The molecular formula is C23H23ClN2O4S. The normalized spacial score (nSPS) is 10.8. The molecule has 0 spiro atoms. The van der Waals surface area contributed by atoms with Gasteiger partial charge in [0.1, 0.15) is 15.1 Å². The van der Waals surface area contributed by atoms with Gasteiger partial charge in [0.15, 0.2) is 5.69 Å². The van der Waals surface area contributed by atoms with Crippen LogP contribution in [0.5, 0.6) is 5.75 Å². The van der Waals surface area contributed by atoms with Gasteiger partial charge in [0.25, 0.3) is 5.91 Å². The van der Waals surface area contributed by atoms with Crippen LogP contribution in [0.1, 0.15) is 49.0 Å². The first kappa shape index (κ1) is 22.8. The molecule has 6 nitrogen and oxygen atoms in total. The molecular weight excluding hydrogens is 436 g/mol. The summed E-state index contributed by atoms with van der Waals surface area (Å²) in [6.45, 7) is 4.12. The molecule has 0 radical (unpaired) electrons. The number of halogens is 1. The van der Waals surface area contributed by atoms with Gasteiger partial charge >= 0.3 is 5.97 Å². The second-order valence-electron chi connectivity index (χ2n) is 7.31. The molecule has 1 aromatic heterocycles. The van der Waals surface area contributed by atoms with E-state index >= 15 is 0 Å². The molecule has 1 amide bonds. The maximum Gasteiger partial charge on any atom is 0.356 e. The maximum atomic E-state index is 13.3.